The molecule has 1 aromatic rings. The quantitative estimate of drug-likeness (QED) is 0.764. The lowest BCUT2D eigenvalue weighted by Gasteiger charge is -2.24. The molecule has 0 aliphatic heterocycles. The predicted molar refractivity (Wildman–Crippen MR) is 82.5 cm³/mol. The van der Waals surface area contributed by atoms with Crippen LogP contribution in [0.1, 0.15) is 45.0 Å². The smallest absolute Gasteiger partial charge is 0.247 e. The van der Waals surface area contributed by atoms with Crippen LogP contribution in [-0.4, -0.2) is 42.1 Å². The van der Waals surface area contributed by atoms with E-state index in [0.29, 0.717) is 35.3 Å². The van der Waals surface area contributed by atoms with Gasteiger partial charge in [-0.25, -0.2) is 8.42 Å². The number of hydrogen-bond donors (Lipinski definition) is 2. The van der Waals surface area contributed by atoms with E-state index in [1.165, 1.54) is 0 Å². The summed E-state index contributed by atoms with van der Waals surface area (Å²) >= 11 is 0. The Bertz CT molecular complexity index is 576. The molecule has 0 radical (unpaired) electrons. The Labute approximate surface area is 127 Å². The highest BCUT2D eigenvalue weighted by atomic mass is 32.2. The number of nitrogens with zero attached hydrogens (tertiary/aromatic N) is 2. The van der Waals surface area contributed by atoms with Crippen molar-refractivity contribution in [2.24, 2.45) is 5.92 Å². The molecule has 0 unspecified atom stereocenters. The molecule has 2 rings (SSSR count). The molecule has 0 bridgehead atoms. The second kappa shape index (κ2) is 6.46. The Kier molecular flexibility index (Phi) is 5.06. The summed E-state index contributed by atoms with van der Waals surface area (Å²) in [4.78, 5) is 0.357. The molecule has 0 amide bonds. The van der Waals surface area contributed by atoms with Crippen LogP contribution >= 0.6 is 0 Å². The minimum absolute atomic E-state index is 0.165. The van der Waals surface area contributed by atoms with E-state index >= 15 is 0 Å². The number of aryl methyl sites for hydroxylation is 1. The fourth-order valence-corrected chi connectivity index (χ4v) is 4.64. The van der Waals surface area contributed by atoms with E-state index in [0.717, 1.165) is 19.4 Å². The molecule has 120 valence electrons. The monoisotopic (exact) mass is 314 g/mol. The van der Waals surface area contributed by atoms with E-state index in [4.69, 9.17) is 0 Å². The predicted octanol–water partition coefficient (Wildman–Crippen LogP) is 1.64. The highest BCUT2D eigenvalue weighted by Crippen LogP contribution is 2.34. The normalized spacial score (nSPS) is 16.1. The van der Waals surface area contributed by atoms with Gasteiger partial charge >= 0.3 is 0 Å². The first-order valence-corrected chi connectivity index (χ1v) is 9.08. The van der Waals surface area contributed by atoms with Crippen molar-refractivity contribution in [3.05, 3.63) is 11.4 Å². The second-order valence-electron chi connectivity index (χ2n) is 6.10. The van der Waals surface area contributed by atoms with E-state index in [2.05, 4.69) is 15.5 Å². The van der Waals surface area contributed by atoms with Gasteiger partial charge in [0.2, 0.25) is 10.0 Å². The molecular formula is C14H26N4O2S. The molecule has 6 nitrogen and oxygen atoms in total. The number of H-pyrrole nitrogens is 1. The molecule has 1 aliphatic rings. The average molecular weight is 314 g/mol. The van der Waals surface area contributed by atoms with Crippen LogP contribution in [-0.2, 0) is 16.6 Å². The van der Waals surface area contributed by atoms with Gasteiger partial charge in [0.15, 0.2) is 0 Å². The molecule has 0 aromatic carbocycles. The third-order valence-corrected chi connectivity index (χ3v) is 5.69. The first-order chi connectivity index (χ1) is 9.87. The summed E-state index contributed by atoms with van der Waals surface area (Å²) in [5, 5.41) is 10.1. The highest BCUT2D eigenvalue weighted by Gasteiger charge is 2.40. The average Bonchev–Trinajstić information content (AvgIpc) is 3.16. The van der Waals surface area contributed by atoms with Crippen LogP contribution in [0.25, 0.3) is 0 Å². The molecule has 1 saturated carbocycles. The Morgan fingerprint density at radius 1 is 1.43 bits per heavy atom. The molecular weight excluding hydrogens is 288 g/mol. The largest absolute Gasteiger partial charge is 0.311 e. The zero-order chi connectivity index (χ0) is 15.6. The molecule has 0 saturated heterocycles. The second-order valence-corrected chi connectivity index (χ2v) is 7.93. The fraction of sp³-hybridized carbons (Fsp3) is 0.786. The van der Waals surface area contributed by atoms with Gasteiger partial charge in [0.05, 0.1) is 11.4 Å². The summed E-state index contributed by atoms with van der Waals surface area (Å²) in [6.07, 6.45) is 1.93. The van der Waals surface area contributed by atoms with Crippen molar-refractivity contribution in [3.8, 4) is 0 Å². The van der Waals surface area contributed by atoms with Gasteiger partial charge in [0.25, 0.3) is 0 Å². The number of sulfonamides is 1. The third kappa shape index (κ3) is 3.64. The van der Waals surface area contributed by atoms with Crippen LogP contribution in [0, 0.1) is 12.8 Å². The molecule has 0 atom stereocenters. The van der Waals surface area contributed by atoms with Gasteiger partial charge in [-0.15, -0.1) is 0 Å². The zero-order valence-corrected chi connectivity index (χ0v) is 14.1. The van der Waals surface area contributed by atoms with Crippen LogP contribution in [0.2, 0.25) is 0 Å². The highest BCUT2D eigenvalue weighted by molar-refractivity contribution is 7.89. The number of nitrogens with one attached hydrogen (secondary N) is 2. The van der Waals surface area contributed by atoms with Crippen LogP contribution in [0.3, 0.4) is 0 Å². The molecule has 1 aromatic heterocycles. The maximum Gasteiger partial charge on any atom is 0.247 e. The molecule has 1 fully saturated rings. The van der Waals surface area contributed by atoms with Gasteiger partial charge in [-0.1, -0.05) is 20.8 Å². The topological polar surface area (TPSA) is 78.1 Å². The van der Waals surface area contributed by atoms with Gasteiger partial charge in [-0.05, 0) is 32.2 Å². The van der Waals surface area contributed by atoms with Crippen molar-refractivity contribution in [1.29, 1.82) is 0 Å². The van der Waals surface area contributed by atoms with Crippen LogP contribution in [0.5, 0.6) is 0 Å². The first-order valence-electron chi connectivity index (χ1n) is 7.64. The SMILES string of the molecule is CCNCc1n[nH]c(C)c1S(=O)(=O)N(CC(C)C)C1CC1. The fourth-order valence-electron chi connectivity index (χ4n) is 2.46. The maximum atomic E-state index is 13.1. The molecule has 7 heteroatoms. The lowest BCUT2D eigenvalue weighted by Crippen LogP contribution is -2.37. The Morgan fingerprint density at radius 2 is 2.10 bits per heavy atom. The molecule has 0 spiro atoms. The van der Waals surface area contributed by atoms with Crippen molar-refractivity contribution in [3.63, 3.8) is 0 Å². The zero-order valence-electron chi connectivity index (χ0n) is 13.3. The van der Waals surface area contributed by atoms with Gasteiger partial charge < -0.3 is 5.32 Å². The Hall–Kier alpha value is -0.920. The van der Waals surface area contributed by atoms with Crippen molar-refractivity contribution >= 4 is 10.0 Å². The summed E-state index contributed by atoms with van der Waals surface area (Å²) in [5.41, 5.74) is 1.21. The number of aromatic amines is 1. The summed E-state index contributed by atoms with van der Waals surface area (Å²) in [6, 6.07) is 0.165. The molecule has 2 N–H and O–H groups in total. The summed E-state index contributed by atoms with van der Waals surface area (Å²) in [7, 11) is -3.48. The lowest BCUT2D eigenvalue weighted by atomic mass is 10.2. The van der Waals surface area contributed by atoms with Gasteiger partial charge in [-0.3, -0.25) is 5.10 Å². The number of hydrogen-bond acceptors (Lipinski definition) is 4. The summed E-state index contributed by atoms with van der Waals surface area (Å²) in [6.45, 7) is 9.68. The Balaban J connectivity index is 2.35. The van der Waals surface area contributed by atoms with E-state index in [1.807, 2.05) is 20.8 Å². The van der Waals surface area contributed by atoms with E-state index in [-0.39, 0.29) is 6.04 Å². The van der Waals surface area contributed by atoms with Gasteiger partial charge in [0, 0.05) is 19.1 Å². The number of aromatic nitrogens is 2. The minimum atomic E-state index is -3.48. The van der Waals surface area contributed by atoms with Crippen molar-refractivity contribution in [2.45, 2.75) is 58.0 Å². The van der Waals surface area contributed by atoms with Crippen molar-refractivity contribution in [2.75, 3.05) is 13.1 Å². The Morgan fingerprint density at radius 3 is 2.62 bits per heavy atom. The van der Waals surface area contributed by atoms with Crippen LogP contribution in [0.15, 0.2) is 4.90 Å². The summed E-state index contributed by atoms with van der Waals surface area (Å²) in [5.74, 6) is 0.310. The molecule has 1 heterocycles. The lowest BCUT2D eigenvalue weighted by molar-refractivity contribution is 0.359. The molecule has 21 heavy (non-hydrogen) atoms. The van der Waals surface area contributed by atoms with Gasteiger partial charge in [-0.2, -0.15) is 9.40 Å². The van der Waals surface area contributed by atoms with E-state index < -0.39 is 10.0 Å². The van der Waals surface area contributed by atoms with E-state index in [9.17, 15) is 8.42 Å². The minimum Gasteiger partial charge on any atom is -0.311 e. The first kappa shape index (κ1) is 16.5. The van der Waals surface area contributed by atoms with Crippen molar-refractivity contribution < 1.29 is 8.42 Å². The van der Waals surface area contributed by atoms with Crippen LogP contribution in [0.4, 0.5) is 0 Å². The standard InChI is InChI=1S/C14H26N4O2S/c1-5-15-8-13-14(11(4)16-17-13)21(19,20)18(9-10(2)3)12-6-7-12/h10,12,15H,5-9H2,1-4H3,(H,16,17). The van der Waals surface area contributed by atoms with Crippen LogP contribution < -0.4 is 5.32 Å². The third-order valence-electron chi connectivity index (χ3n) is 3.57. The molecule has 1 aliphatic carbocycles. The maximum absolute atomic E-state index is 13.1. The van der Waals surface area contributed by atoms with Crippen molar-refractivity contribution in [1.82, 2.24) is 19.8 Å². The number of rotatable bonds is 8. The van der Waals surface area contributed by atoms with E-state index in [1.54, 1.807) is 11.2 Å². The van der Waals surface area contributed by atoms with Gasteiger partial charge in [0.1, 0.15) is 4.90 Å². The summed E-state index contributed by atoms with van der Waals surface area (Å²) < 4.78 is 27.8.